The molecule has 1 N–H and O–H groups in total. The summed E-state index contributed by atoms with van der Waals surface area (Å²) >= 11 is 0. The quantitative estimate of drug-likeness (QED) is 0.731. The fourth-order valence-electron chi connectivity index (χ4n) is 3.64. The molecule has 144 valence electrons. The molecular formula is C23H25N3O2. The van der Waals surface area contributed by atoms with Crippen LogP contribution in [-0.4, -0.2) is 34.9 Å². The van der Waals surface area contributed by atoms with E-state index in [1.54, 1.807) is 4.68 Å². The van der Waals surface area contributed by atoms with E-state index < -0.39 is 0 Å². The van der Waals surface area contributed by atoms with Gasteiger partial charge in [0.1, 0.15) is 5.69 Å². The van der Waals surface area contributed by atoms with Gasteiger partial charge in [-0.1, -0.05) is 42.0 Å². The molecule has 0 aliphatic carbocycles. The van der Waals surface area contributed by atoms with Crippen molar-refractivity contribution < 1.29 is 9.53 Å². The first kappa shape index (κ1) is 18.4. The van der Waals surface area contributed by atoms with E-state index in [4.69, 9.17) is 9.84 Å². The van der Waals surface area contributed by atoms with Crippen LogP contribution in [0.15, 0.2) is 54.7 Å². The summed E-state index contributed by atoms with van der Waals surface area (Å²) in [6.07, 6.45) is 3.97. The number of carbonyl (C=O) groups excluding carboxylic acids is 1. The lowest BCUT2D eigenvalue weighted by Crippen LogP contribution is -2.31. The molecule has 1 atom stereocenters. The largest absolute Gasteiger partial charge is 0.376 e. The number of carbonyl (C=O) groups is 1. The molecule has 0 unspecified atom stereocenters. The Morgan fingerprint density at radius 1 is 1.21 bits per heavy atom. The molecule has 0 bridgehead atoms. The number of aromatic nitrogens is 2. The Balaban J connectivity index is 1.70. The molecule has 1 aromatic heterocycles. The highest BCUT2D eigenvalue weighted by Gasteiger charge is 2.22. The molecule has 1 aliphatic rings. The number of rotatable bonds is 5. The monoisotopic (exact) mass is 375 g/mol. The molecule has 2 aromatic carbocycles. The van der Waals surface area contributed by atoms with Gasteiger partial charge in [-0.15, -0.1) is 0 Å². The van der Waals surface area contributed by atoms with Crippen molar-refractivity contribution in [2.24, 2.45) is 0 Å². The molecule has 1 aliphatic heterocycles. The summed E-state index contributed by atoms with van der Waals surface area (Å²) in [5.41, 5.74) is 5.47. The molecule has 2 heterocycles. The Bertz CT molecular complexity index is 973. The van der Waals surface area contributed by atoms with E-state index in [1.165, 1.54) is 5.56 Å². The van der Waals surface area contributed by atoms with Crippen LogP contribution in [0.2, 0.25) is 0 Å². The van der Waals surface area contributed by atoms with Crippen LogP contribution in [-0.2, 0) is 4.74 Å². The van der Waals surface area contributed by atoms with E-state index >= 15 is 0 Å². The Labute approximate surface area is 165 Å². The first-order chi connectivity index (χ1) is 13.6. The minimum Gasteiger partial charge on any atom is -0.376 e. The molecule has 1 saturated heterocycles. The highest BCUT2D eigenvalue weighted by Crippen LogP contribution is 2.27. The third-order valence-corrected chi connectivity index (χ3v) is 5.13. The van der Waals surface area contributed by atoms with Crippen molar-refractivity contribution >= 4 is 5.91 Å². The maximum Gasteiger partial charge on any atom is 0.255 e. The lowest BCUT2D eigenvalue weighted by Gasteiger charge is -2.11. The van der Waals surface area contributed by atoms with E-state index in [-0.39, 0.29) is 12.0 Å². The molecule has 0 saturated carbocycles. The zero-order chi connectivity index (χ0) is 19.5. The second-order valence-electron chi connectivity index (χ2n) is 7.33. The third kappa shape index (κ3) is 3.85. The predicted octanol–water partition coefficient (Wildman–Crippen LogP) is 4.06. The number of hydrogen-bond acceptors (Lipinski definition) is 3. The van der Waals surface area contributed by atoms with Crippen molar-refractivity contribution in [3.05, 3.63) is 71.4 Å². The first-order valence-electron chi connectivity index (χ1n) is 9.74. The van der Waals surface area contributed by atoms with Gasteiger partial charge in [0.05, 0.1) is 17.4 Å². The van der Waals surface area contributed by atoms with Gasteiger partial charge < -0.3 is 10.1 Å². The summed E-state index contributed by atoms with van der Waals surface area (Å²) in [6, 6.07) is 16.1. The summed E-state index contributed by atoms with van der Waals surface area (Å²) < 4.78 is 7.40. The van der Waals surface area contributed by atoms with E-state index in [0.717, 1.165) is 36.3 Å². The molecule has 0 radical (unpaired) electrons. The number of amides is 1. The van der Waals surface area contributed by atoms with Crippen LogP contribution in [0.5, 0.6) is 0 Å². The average Bonchev–Trinajstić information content (AvgIpc) is 3.37. The number of hydrogen-bond donors (Lipinski definition) is 1. The topological polar surface area (TPSA) is 56.2 Å². The fourth-order valence-corrected chi connectivity index (χ4v) is 3.64. The summed E-state index contributed by atoms with van der Waals surface area (Å²) in [5.74, 6) is -0.118. The molecule has 28 heavy (non-hydrogen) atoms. The third-order valence-electron chi connectivity index (χ3n) is 5.13. The van der Waals surface area contributed by atoms with Gasteiger partial charge in [-0.3, -0.25) is 4.79 Å². The lowest BCUT2D eigenvalue weighted by atomic mass is 10.0. The van der Waals surface area contributed by atoms with E-state index in [1.807, 2.05) is 42.6 Å². The van der Waals surface area contributed by atoms with Crippen molar-refractivity contribution in [2.45, 2.75) is 32.8 Å². The predicted molar refractivity (Wildman–Crippen MR) is 110 cm³/mol. The Morgan fingerprint density at radius 3 is 2.75 bits per heavy atom. The second-order valence-corrected chi connectivity index (χ2v) is 7.33. The van der Waals surface area contributed by atoms with Gasteiger partial charge in [-0.25, -0.2) is 4.68 Å². The number of para-hydroxylation sites is 1. The Kier molecular flexibility index (Phi) is 5.26. The van der Waals surface area contributed by atoms with Crippen LogP contribution >= 0.6 is 0 Å². The van der Waals surface area contributed by atoms with Crippen LogP contribution in [0.1, 0.15) is 34.3 Å². The van der Waals surface area contributed by atoms with Crippen molar-refractivity contribution in [1.29, 1.82) is 0 Å². The summed E-state index contributed by atoms with van der Waals surface area (Å²) in [5, 5.41) is 7.80. The van der Waals surface area contributed by atoms with Crippen LogP contribution < -0.4 is 5.32 Å². The highest BCUT2D eigenvalue weighted by molar-refractivity contribution is 6.00. The first-order valence-corrected chi connectivity index (χ1v) is 9.74. The smallest absolute Gasteiger partial charge is 0.255 e. The van der Waals surface area contributed by atoms with Gasteiger partial charge in [0.2, 0.25) is 0 Å². The minimum atomic E-state index is -0.118. The standard InChI is InChI=1S/C23H25N3O2/c1-16-10-11-20(17(2)13-16)22-21(23(27)24-14-19-9-6-12-28-19)15-26(25-22)18-7-4-3-5-8-18/h3-5,7-8,10-11,13,15,19H,6,9,12,14H2,1-2H3,(H,24,27)/t19-/m0/s1. The van der Waals surface area contributed by atoms with Crippen LogP contribution in [0.25, 0.3) is 16.9 Å². The number of nitrogens with zero attached hydrogens (tertiary/aromatic N) is 2. The molecular weight excluding hydrogens is 350 g/mol. The SMILES string of the molecule is Cc1ccc(-c2nn(-c3ccccc3)cc2C(=O)NC[C@@H]2CCCO2)c(C)c1. The van der Waals surface area contributed by atoms with E-state index in [2.05, 4.69) is 31.3 Å². The second kappa shape index (κ2) is 7.98. The van der Waals surface area contributed by atoms with Crippen molar-refractivity contribution in [1.82, 2.24) is 15.1 Å². The van der Waals surface area contributed by atoms with E-state index in [9.17, 15) is 4.79 Å². The lowest BCUT2D eigenvalue weighted by molar-refractivity contribution is 0.0858. The number of nitrogens with one attached hydrogen (secondary N) is 1. The highest BCUT2D eigenvalue weighted by atomic mass is 16.5. The summed E-state index contributed by atoms with van der Waals surface area (Å²) in [6.45, 7) is 5.43. The fraction of sp³-hybridized carbons (Fsp3) is 0.304. The maximum atomic E-state index is 13.0. The van der Waals surface area contributed by atoms with Gasteiger partial charge >= 0.3 is 0 Å². The normalized spacial score (nSPS) is 16.3. The van der Waals surface area contributed by atoms with Gasteiger partial charge in [0, 0.05) is 24.9 Å². The minimum absolute atomic E-state index is 0.109. The van der Waals surface area contributed by atoms with Crippen molar-refractivity contribution in [3.63, 3.8) is 0 Å². The zero-order valence-corrected chi connectivity index (χ0v) is 16.3. The van der Waals surface area contributed by atoms with Crippen LogP contribution in [0.4, 0.5) is 0 Å². The van der Waals surface area contributed by atoms with Crippen molar-refractivity contribution in [2.75, 3.05) is 13.2 Å². The Morgan fingerprint density at radius 2 is 2.04 bits per heavy atom. The molecule has 1 amide bonds. The van der Waals surface area contributed by atoms with Gasteiger partial charge in [0.15, 0.2) is 0 Å². The summed E-state index contributed by atoms with van der Waals surface area (Å²) in [7, 11) is 0. The molecule has 4 rings (SSSR count). The number of ether oxygens (including phenoxy) is 1. The number of aryl methyl sites for hydroxylation is 2. The Hall–Kier alpha value is -2.92. The average molecular weight is 375 g/mol. The van der Waals surface area contributed by atoms with Crippen LogP contribution in [0.3, 0.4) is 0 Å². The molecule has 1 fully saturated rings. The van der Waals surface area contributed by atoms with Crippen LogP contribution in [0, 0.1) is 13.8 Å². The molecule has 5 nitrogen and oxygen atoms in total. The number of benzene rings is 2. The van der Waals surface area contributed by atoms with Gasteiger partial charge in [0.25, 0.3) is 5.91 Å². The molecule has 5 heteroatoms. The molecule has 0 spiro atoms. The maximum absolute atomic E-state index is 13.0. The van der Waals surface area contributed by atoms with E-state index in [0.29, 0.717) is 17.8 Å². The molecule has 3 aromatic rings. The van der Waals surface area contributed by atoms with Gasteiger partial charge in [-0.2, -0.15) is 5.10 Å². The zero-order valence-electron chi connectivity index (χ0n) is 16.3. The van der Waals surface area contributed by atoms with Gasteiger partial charge in [-0.05, 0) is 44.4 Å². The van der Waals surface area contributed by atoms with Crippen molar-refractivity contribution in [3.8, 4) is 16.9 Å². The summed E-state index contributed by atoms with van der Waals surface area (Å²) in [4.78, 5) is 13.0.